The molecule has 0 aromatic heterocycles. The summed E-state index contributed by atoms with van der Waals surface area (Å²) in [5.41, 5.74) is 0.225. The highest BCUT2D eigenvalue weighted by atomic mass is 16.1. The monoisotopic (exact) mass is 269 g/mol. The number of amides is 1. The van der Waals surface area contributed by atoms with Crippen LogP contribution in [0.15, 0.2) is 0 Å². The van der Waals surface area contributed by atoms with E-state index >= 15 is 0 Å². The molecule has 1 heterocycles. The van der Waals surface area contributed by atoms with Crippen LogP contribution in [0.2, 0.25) is 0 Å². The van der Waals surface area contributed by atoms with E-state index in [0.29, 0.717) is 6.04 Å². The molecule has 0 aromatic rings. The first-order valence-electron chi connectivity index (χ1n) is 7.57. The second kappa shape index (κ2) is 7.25. The molecule has 0 spiro atoms. The van der Waals surface area contributed by atoms with Crippen LogP contribution in [-0.2, 0) is 4.79 Å². The summed E-state index contributed by atoms with van der Waals surface area (Å²) < 4.78 is 0. The number of piperidine rings is 1. The highest BCUT2D eigenvalue weighted by molar-refractivity contribution is 5.78. The van der Waals surface area contributed by atoms with Gasteiger partial charge in [-0.15, -0.1) is 0 Å². The van der Waals surface area contributed by atoms with E-state index in [1.54, 1.807) is 0 Å². The van der Waals surface area contributed by atoms with Crippen molar-refractivity contribution in [3.05, 3.63) is 0 Å². The molecule has 1 aliphatic heterocycles. The molecule has 1 saturated heterocycles. The zero-order valence-corrected chi connectivity index (χ0v) is 13.3. The number of hydrogen-bond acceptors (Lipinski definition) is 3. The smallest absolute Gasteiger partial charge is 0.223 e. The predicted molar refractivity (Wildman–Crippen MR) is 80.2 cm³/mol. The number of likely N-dealkylation sites (tertiary alicyclic amines) is 1. The van der Waals surface area contributed by atoms with Crippen molar-refractivity contribution in [2.24, 2.45) is 5.92 Å². The van der Waals surface area contributed by atoms with Crippen molar-refractivity contribution >= 4 is 5.91 Å². The van der Waals surface area contributed by atoms with E-state index in [4.69, 9.17) is 0 Å². The van der Waals surface area contributed by atoms with Crippen LogP contribution in [-0.4, -0.2) is 48.6 Å². The lowest BCUT2D eigenvalue weighted by molar-refractivity contribution is -0.126. The molecule has 0 saturated carbocycles. The van der Waals surface area contributed by atoms with Crippen LogP contribution in [0.25, 0.3) is 0 Å². The quantitative estimate of drug-likeness (QED) is 0.745. The molecule has 0 radical (unpaired) electrons. The maximum absolute atomic E-state index is 12.0. The third kappa shape index (κ3) is 5.91. The third-order valence-corrected chi connectivity index (χ3v) is 3.79. The lowest BCUT2D eigenvalue weighted by atomic mass is 9.92. The minimum atomic E-state index is 0.206. The van der Waals surface area contributed by atoms with Crippen molar-refractivity contribution in [1.29, 1.82) is 0 Å². The van der Waals surface area contributed by atoms with E-state index < -0.39 is 0 Å². The van der Waals surface area contributed by atoms with Gasteiger partial charge in [0.1, 0.15) is 0 Å². The highest BCUT2D eigenvalue weighted by Crippen LogP contribution is 2.23. The second-order valence-corrected chi connectivity index (χ2v) is 6.83. The minimum Gasteiger partial charge on any atom is -0.355 e. The summed E-state index contributed by atoms with van der Waals surface area (Å²) in [6.07, 6.45) is 1.97. The van der Waals surface area contributed by atoms with Crippen molar-refractivity contribution in [1.82, 2.24) is 15.5 Å². The van der Waals surface area contributed by atoms with Crippen LogP contribution in [0.1, 0.15) is 47.5 Å². The first-order valence-corrected chi connectivity index (χ1v) is 7.57. The molecule has 2 N–H and O–H groups in total. The Balaban J connectivity index is 2.22. The lowest BCUT2D eigenvalue weighted by Gasteiger charge is -2.40. The van der Waals surface area contributed by atoms with Gasteiger partial charge in [-0.25, -0.2) is 0 Å². The number of rotatable bonds is 5. The summed E-state index contributed by atoms with van der Waals surface area (Å²) in [5, 5.41) is 6.35. The largest absolute Gasteiger partial charge is 0.355 e. The van der Waals surface area contributed by atoms with Crippen LogP contribution in [0, 0.1) is 5.92 Å². The molecular formula is C15H31N3O. The summed E-state index contributed by atoms with van der Waals surface area (Å²) in [6.45, 7) is 14.6. The summed E-state index contributed by atoms with van der Waals surface area (Å²) in [7, 11) is 0. The Morgan fingerprint density at radius 2 is 1.79 bits per heavy atom. The van der Waals surface area contributed by atoms with Crippen LogP contribution in [0.4, 0.5) is 0 Å². The molecule has 1 aliphatic rings. The summed E-state index contributed by atoms with van der Waals surface area (Å²) >= 11 is 0. The molecule has 1 fully saturated rings. The van der Waals surface area contributed by atoms with Gasteiger partial charge in [0, 0.05) is 30.6 Å². The number of carbonyl (C=O) groups excluding carboxylic acids is 1. The van der Waals surface area contributed by atoms with Gasteiger partial charge in [0.2, 0.25) is 5.91 Å². The zero-order valence-electron chi connectivity index (χ0n) is 13.3. The van der Waals surface area contributed by atoms with Gasteiger partial charge in [-0.3, -0.25) is 9.69 Å². The molecule has 1 rings (SSSR count). The van der Waals surface area contributed by atoms with Gasteiger partial charge in [-0.05, 0) is 46.7 Å². The number of carbonyl (C=O) groups is 1. The Bertz CT molecular complexity index is 276. The van der Waals surface area contributed by atoms with Crippen LogP contribution in [0.5, 0.6) is 0 Å². The van der Waals surface area contributed by atoms with Gasteiger partial charge in [-0.2, -0.15) is 0 Å². The molecule has 0 aromatic carbocycles. The van der Waals surface area contributed by atoms with E-state index in [0.717, 1.165) is 39.0 Å². The Morgan fingerprint density at radius 3 is 2.26 bits per heavy atom. The summed E-state index contributed by atoms with van der Waals surface area (Å²) in [6, 6.07) is 0.479. The maximum atomic E-state index is 12.0. The first kappa shape index (κ1) is 16.4. The van der Waals surface area contributed by atoms with Crippen LogP contribution >= 0.6 is 0 Å². The van der Waals surface area contributed by atoms with Gasteiger partial charge in [0.15, 0.2) is 0 Å². The minimum absolute atomic E-state index is 0.206. The average Bonchev–Trinajstić information content (AvgIpc) is 2.33. The van der Waals surface area contributed by atoms with Gasteiger partial charge >= 0.3 is 0 Å². The van der Waals surface area contributed by atoms with Gasteiger partial charge in [0.25, 0.3) is 0 Å². The molecule has 0 bridgehead atoms. The molecule has 19 heavy (non-hydrogen) atoms. The SMILES string of the molecule is CC(C)NCCNC(=O)C1CCN(C(C)(C)C)CC1. The Kier molecular flexibility index (Phi) is 6.27. The molecule has 1 amide bonds. The predicted octanol–water partition coefficient (Wildman–Crippen LogP) is 1.61. The van der Waals surface area contributed by atoms with Crippen LogP contribution in [0.3, 0.4) is 0 Å². The van der Waals surface area contributed by atoms with Crippen molar-refractivity contribution in [3.8, 4) is 0 Å². The fourth-order valence-corrected chi connectivity index (χ4v) is 2.50. The Hall–Kier alpha value is -0.610. The topological polar surface area (TPSA) is 44.4 Å². The maximum Gasteiger partial charge on any atom is 0.223 e. The van der Waals surface area contributed by atoms with Crippen molar-refractivity contribution in [3.63, 3.8) is 0 Å². The third-order valence-electron chi connectivity index (χ3n) is 3.79. The molecule has 4 nitrogen and oxygen atoms in total. The summed E-state index contributed by atoms with van der Waals surface area (Å²) in [5.74, 6) is 0.441. The molecule has 0 unspecified atom stereocenters. The average molecular weight is 269 g/mol. The van der Waals surface area contributed by atoms with E-state index in [1.165, 1.54) is 0 Å². The standard InChI is InChI=1S/C15H31N3O/c1-12(2)16-8-9-17-14(19)13-6-10-18(11-7-13)15(3,4)5/h12-13,16H,6-11H2,1-5H3,(H,17,19). The fourth-order valence-electron chi connectivity index (χ4n) is 2.50. The summed E-state index contributed by atoms with van der Waals surface area (Å²) in [4.78, 5) is 14.5. The Labute approximate surface area is 118 Å². The number of hydrogen-bond donors (Lipinski definition) is 2. The van der Waals surface area contributed by atoms with Gasteiger partial charge in [-0.1, -0.05) is 13.8 Å². The molecule has 112 valence electrons. The second-order valence-electron chi connectivity index (χ2n) is 6.83. The van der Waals surface area contributed by atoms with E-state index in [9.17, 15) is 4.79 Å². The fraction of sp³-hybridized carbons (Fsp3) is 0.933. The molecule has 0 aliphatic carbocycles. The van der Waals surface area contributed by atoms with Crippen molar-refractivity contribution < 1.29 is 4.79 Å². The zero-order chi connectivity index (χ0) is 14.5. The molecule has 0 atom stereocenters. The van der Waals surface area contributed by atoms with Crippen LogP contribution < -0.4 is 10.6 Å². The molecule has 4 heteroatoms. The van der Waals surface area contributed by atoms with E-state index in [1.807, 2.05) is 0 Å². The highest BCUT2D eigenvalue weighted by Gasteiger charge is 2.29. The van der Waals surface area contributed by atoms with Crippen molar-refractivity contribution in [2.75, 3.05) is 26.2 Å². The Morgan fingerprint density at radius 1 is 1.21 bits per heavy atom. The number of nitrogens with one attached hydrogen (secondary N) is 2. The normalized spacial score (nSPS) is 18.8. The van der Waals surface area contributed by atoms with Gasteiger partial charge < -0.3 is 10.6 Å². The van der Waals surface area contributed by atoms with Gasteiger partial charge in [0.05, 0.1) is 0 Å². The van der Waals surface area contributed by atoms with E-state index in [-0.39, 0.29) is 17.4 Å². The van der Waals surface area contributed by atoms with Crippen molar-refractivity contribution in [2.45, 2.75) is 59.0 Å². The lowest BCUT2D eigenvalue weighted by Crippen LogP contribution is -2.48. The first-order chi connectivity index (χ1) is 8.80. The number of nitrogens with zero attached hydrogens (tertiary/aromatic N) is 1. The molecular weight excluding hydrogens is 238 g/mol. The van der Waals surface area contributed by atoms with E-state index in [2.05, 4.69) is 50.2 Å².